The van der Waals surface area contributed by atoms with E-state index in [1.165, 1.54) is 0 Å². The summed E-state index contributed by atoms with van der Waals surface area (Å²) < 4.78 is 5.28. The molecule has 2 rings (SSSR count). The smallest absolute Gasteiger partial charge is 0.407 e. The molecule has 0 bridgehead atoms. The van der Waals surface area contributed by atoms with Crippen LogP contribution in [0.15, 0.2) is 12.4 Å². The van der Waals surface area contributed by atoms with Gasteiger partial charge in [-0.15, -0.1) is 0 Å². The van der Waals surface area contributed by atoms with Gasteiger partial charge in [0.1, 0.15) is 5.60 Å². The lowest BCUT2D eigenvalue weighted by Crippen LogP contribution is -2.40. The quantitative estimate of drug-likeness (QED) is 0.872. The predicted octanol–water partition coefficient (Wildman–Crippen LogP) is 2.08. The minimum Gasteiger partial charge on any atom is -0.444 e. The zero-order valence-corrected chi connectivity index (χ0v) is 13.1. The Bertz CT molecular complexity index is 505. The Morgan fingerprint density at radius 1 is 1.48 bits per heavy atom. The van der Waals surface area contributed by atoms with Crippen LogP contribution in [0.3, 0.4) is 0 Å². The number of hydrogen-bond acceptors (Lipinski definition) is 5. The number of nitrogen functional groups attached to an aromatic ring is 1. The Balaban J connectivity index is 1.97. The molecular formula is C15H24N4O2. The average molecular weight is 292 g/mol. The van der Waals surface area contributed by atoms with Gasteiger partial charge in [0.15, 0.2) is 0 Å². The normalized spacial score (nSPS) is 18.7. The average Bonchev–Trinajstić information content (AvgIpc) is 2.74. The first kappa shape index (κ1) is 15.4. The second-order valence-corrected chi connectivity index (χ2v) is 6.47. The lowest BCUT2D eigenvalue weighted by molar-refractivity contribution is 0.0509. The molecule has 1 amide bonds. The van der Waals surface area contributed by atoms with E-state index in [4.69, 9.17) is 10.5 Å². The molecule has 2 heterocycles. The Morgan fingerprint density at radius 2 is 2.19 bits per heavy atom. The van der Waals surface area contributed by atoms with Gasteiger partial charge in [0.2, 0.25) is 0 Å². The van der Waals surface area contributed by atoms with Gasteiger partial charge in [-0.05, 0) is 39.7 Å². The van der Waals surface area contributed by atoms with E-state index in [1.54, 1.807) is 12.4 Å². The summed E-state index contributed by atoms with van der Waals surface area (Å²) in [6.45, 7) is 9.15. The molecule has 1 aromatic heterocycles. The van der Waals surface area contributed by atoms with Crippen LogP contribution in [0.25, 0.3) is 0 Å². The fraction of sp³-hybridized carbons (Fsp3) is 0.600. The number of nitrogens with two attached hydrogens (primary N) is 1. The number of nitrogens with zero attached hydrogens (tertiary/aromatic N) is 2. The van der Waals surface area contributed by atoms with Crippen molar-refractivity contribution in [2.45, 2.75) is 45.8 Å². The van der Waals surface area contributed by atoms with E-state index < -0.39 is 5.60 Å². The van der Waals surface area contributed by atoms with Crippen LogP contribution in [-0.2, 0) is 4.74 Å². The van der Waals surface area contributed by atoms with Crippen LogP contribution < -0.4 is 16.0 Å². The van der Waals surface area contributed by atoms with Crippen molar-refractivity contribution >= 4 is 17.5 Å². The van der Waals surface area contributed by atoms with E-state index in [0.29, 0.717) is 5.69 Å². The summed E-state index contributed by atoms with van der Waals surface area (Å²) in [7, 11) is 0. The summed E-state index contributed by atoms with van der Waals surface area (Å²) >= 11 is 0. The Morgan fingerprint density at radius 3 is 2.81 bits per heavy atom. The summed E-state index contributed by atoms with van der Waals surface area (Å²) in [6, 6.07) is 0.0758. The Hall–Kier alpha value is -1.98. The molecule has 116 valence electrons. The molecular weight excluding hydrogens is 268 g/mol. The summed E-state index contributed by atoms with van der Waals surface area (Å²) in [5.74, 6) is 0. The van der Waals surface area contributed by atoms with Crippen molar-refractivity contribution in [1.82, 2.24) is 10.3 Å². The highest BCUT2D eigenvalue weighted by Crippen LogP contribution is 2.29. The molecule has 1 aromatic rings. The molecule has 0 unspecified atom stereocenters. The SMILES string of the molecule is Cc1cncc(N)c1N1CC[C@H](NC(=O)OC(C)(C)C)C1. The lowest BCUT2D eigenvalue weighted by Gasteiger charge is -2.24. The zero-order chi connectivity index (χ0) is 15.6. The van der Waals surface area contributed by atoms with Gasteiger partial charge in [-0.3, -0.25) is 4.98 Å². The number of alkyl carbamates (subject to hydrolysis) is 1. The van der Waals surface area contributed by atoms with Gasteiger partial charge in [-0.2, -0.15) is 0 Å². The molecule has 1 atom stereocenters. The largest absolute Gasteiger partial charge is 0.444 e. The molecule has 0 radical (unpaired) electrons. The molecule has 6 nitrogen and oxygen atoms in total. The lowest BCUT2D eigenvalue weighted by atomic mass is 10.2. The van der Waals surface area contributed by atoms with E-state index in [-0.39, 0.29) is 12.1 Å². The molecule has 1 aliphatic rings. The van der Waals surface area contributed by atoms with Crippen molar-refractivity contribution < 1.29 is 9.53 Å². The third kappa shape index (κ3) is 4.00. The van der Waals surface area contributed by atoms with Crippen molar-refractivity contribution in [3.8, 4) is 0 Å². The molecule has 0 aromatic carbocycles. The standard InChI is InChI=1S/C15H24N4O2/c1-10-7-17-8-12(16)13(10)19-6-5-11(9-19)18-14(20)21-15(2,3)4/h7-8,11H,5-6,9,16H2,1-4H3,(H,18,20)/t11-/m0/s1. The van der Waals surface area contributed by atoms with Gasteiger partial charge < -0.3 is 20.7 Å². The zero-order valence-electron chi connectivity index (χ0n) is 13.1. The molecule has 1 aliphatic heterocycles. The monoisotopic (exact) mass is 292 g/mol. The van der Waals surface area contributed by atoms with Gasteiger partial charge >= 0.3 is 6.09 Å². The molecule has 1 saturated heterocycles. The second kappa shape index (κ2) is 5.79. The molecule has 0 spiro atoms. The number of aromatic nitrogens is 1. The van der Waals surface area contributed by atoms with Crippen LogP contribution >= 0.6 is 0 Å². The fourth-order valence-corrected chi connectivity index (χ4v) is 2.57. The third-order valence-electron chi connectivity index (χ3n) is 3.35. The van der Waals surface area contributed by atoms with Gasteiger partial charge in [0.25, 0.3) is 0 Å². The maximum absolute atomic E-state index is 11.8. The molecule has 6 heteroatoms. The number of amides is 1. The van der Waals surface area contributed by atoms with Gasteiger partial charge in [-0.25, -0.2) is 4.79 Å². The second-order valence-electron chi connectivity index (χ2n) is 6.47. The highest BCUT2D eigenvalue weighted by Gasteiger charge is 2.27. The molecule has 0 saturated carbocycles. The number of ether oxygens (including phenoxy) is 1. The van der Waals surface area contributed by atoms with Crippen LogP contribution in [0.4, 0.5) is 16.2 Å². The number of nitrogens with one attached hydrogen (secondary N) is 1. The fourth-order valence-electron chi connectivity index (χ4n) is 2.57. The number of hydrogen-bond donors (Lipinski definition) is 2. The van der Waals surface area contributed by atoms with E-state index >= 15 is 0 Å². The van der Waals surface area contributed by atoms with Crippen molar-refractivity contribution in [2.75, 3.05) is 23.7 Å². The molecule has 21 heavy (non-hydrogen) atoms. The first-order valence-electron chi connectivity index (χ1n) is 7.21. The number of carbonyl (C=O) groups excluding carboxylic acids is 1. The summed E-state index contributed by atoms with van der Waals surface area (Å²) in [5.41, 5.74) is 8.27. The van der Waals surface area contributed by atoms with Crippen molar-refractivity contribution in [1.29, 1.82) is 0 Å². The van der Waals surface area contributed by atoms with Gasteiger partial charge in [0.05, 0.1) is 23.6 Å². The summed E-state index contributed by atoms with van der Waals surface area (Å²) in [4.78, 5) is 18.1. The molecule has 1 fully saturated rings. The first-order chi connectivity index (χ1) is 9.76. The summed E-state index contributed by atoms with van der Waals surface area (Å²) in [5, 5.41) is 2.91. The van der Waals surface area contributed by atoms with Crippen LogP contribution in [0.2, 0.25) is 0 Å². The van der Waals surface area contributed by atoms with Crippen LogP contribution in [0, 0.1) is 6.92 Å². The number of anilines is 2. The van der Waals surface area contributed by atoms with Crippen molar-refractivity contribution in [2.24, 2.45) is 0 Å². The minimum absolute atomic E-state index is 0.0758. The third-order valence-corrected chi connectivity index (χ3v) is 3.35. The summed E-state index contributed by atoms with van der Waals surface area (Å²) in [6.07, 6.45) is 3.98. The van der Waals surface area contributed by atoms with Crippen LogP contribution in [0.5, 0.6) is 0 Å². The Labute approximate surface area is 125 Å². The van der Waals surface area contributed by atoms with E-state index in [2.05, 4.69) is 15.2 Å². The van der Waals surface area contributed by atoms with E-state index in [0.717, 1.165) is 30.8 Å². The number of aryl methyl sites for hydroxylation is 1. The highest BCUT2D eigenvalue weighted by molar-refractivity contribution is 5.71. The molecule has 3 N–H and O–H groups in total. The highest BCUT2D eigenvalue weighted by atomic mass is 16.6. The van der Waals surface area contributed by atoms with E-state index in [9.17, 15) is 4.79 Å². The number of rotatable bonds is 2. The number of carbonyl (C=O) groups is 1. The van der Waals surface area contributed by atoms with Crippen LogP contribution in [0.1, 0.15) is 32.8 Å². The predicted molar refractivity (Wildman–Crippen MR) is 83.4 cm³/mol. The van der Waals surface area contributed by atoms with E-state index in [1.807, 2.05) is 27.7 Å². The topological polar surface area (TPSA) is 80.5 Å². The van der Waals surface area contributed by atoms with Crippen molar-refractivity contribution in [3.05, 3.63) is 18.0 Å². The van der Waals surface area contributed by atoms with Gasteiger partial charge in [-0.1, -0.05) is 0 Å². The maximum Gasteiger partial charge on any atom is 0.407 e. The first-order valence-corrected chi connectivity index (χ1v) is 7.21. The number of pyridine rings is 1. The Kier molecular flexibility index (Phi) is 4.25. The van der Waals surface area contributed by atoms with Crippen molar-refractivity contribution in [3.63, 3.8) is 0 Å². The van der Waals surface area contributed by atoms with Gasteiger partial charge in [0, 0.05) is 19.3 Å². The maximum atomic E-state index is 11.8. The minimum atomic E-state index is -0.478. The van der Waals surface area contributed by atoms with Crippen LogP contribution in [-0.4, -0.2) is 35.8 Å². The molecule has 0 aliphatic carbocycles.